The van der Waals surface area contributed by atoms with E-state index < -0.39 is 0 Å². The third kappa shape index (κ3) is 4.89. The van der Waals surface area contributed by atoms with Gasteiger partial charge < -0.3 is 15.5 Å². The van der Waals surface area contributed by atoms with Crippen LogP contribution in [0.2, 0.25) is 0 Å². The van der Waals surface area contributed by atoms with Crippen LogP contribution >= 0.6 is 0 Å². The molecular weight excluding hydrogens is 216 g/mol. The minimum Gasteiger partial charge on any atom is -0.356 e. The minimum atomic E-state index is 0.121. The first kappa shape index (κ1) is 13.5. The van der Waals surface area contributed by atoms with Crippen molar-refractivity contribution in [3.05, 3.63) is 12.2 Å². The van der Waals surface area contributed by atoms with Crippen LogP contribution in [0, 0.1) is 0 Å². The summed E-state index contributed by atoms with van der Waals surface area (Å²) >= 11 is 0. The van der Waals surface area contributed by atoms with Crippen LogP contribution in [0.25, 0.3) is 0 Å². The molecule has 0 aliphatic heterocycles. The topological polar surface area (TPSA) is 56.7 Å². The smallest absolute Gasteiger partial charge is 0.223 e. The van der Waals surface area contributed by atoms with E-state index in [9.17, 15) is 4.79 Å². The van der Waals surface area contributed by atoms with E-state index >= 15 is 0 Å². The lowest BCUT2D eigenvalue weighted by Gasteiger charge is -2.17. The van der Waals surface area contributed by atoms with E-state index in [4.69, 9.17) is 0 Å². The van der Waals surface area contributed by atoms with E-state index in [1.54, 1.807) is 26.0 Å². The average Bonchev–Trinajstić information content (AvgIpc) is 2.80. The molecule has 1 aliphatic rings. The Morgan fingerprint density at radius 2 is 2.06 bits per heavy atom. The van der Waals surface area contributed by atoms with Crippen LogP contribution in [0.5, 0.6) is 0 Å². The second-order valence-corrected chi connectivity index (χ2v) is 4.32. The lowest BCUT2D eigenvalue weighted by atomic mass is 10.2. The van der Waals surface area contributed by atoms with Crippen LogP contribution in [-0.2, 0) is 4.79 Å². The van der Waals surface area contributed by atoms with Gasteiger partial charge in [-0.1, -0.05) is 12.2 Å². The third-order valence-electron chi connectivity index (χ3n) is 2.70. The highest BCUT2D eigenvalue weighted by Gasteiger charge is 2.11. The molecule has 0 aromatic carbocycles. The van der Waals surface area contributed by atoms with Gasteiger partial charge in [-0.05, 0) is 12.8 Å². The molecule has 0 bridgehead atoms. The summed E-state index contributed by atoms with van der Waals surface area (Å²) in [6.45, 7) is 0.608. The molecule has 17 heavy (non-hydrogen) atoms. The van der Waals surface area contributed by atoms with Gasteiger partial charge in [-0.3, -0.25) is 9.79 Å². The van der Waals surface area contributed by atoms with Crippen molar-refractivity contribution in [2.24, 2.45) is 4.99 Å². The van der Waals surface area contributed by atoms with Crippen LogP contribution in [-0.4, -0.2) is 50.5 Å². The van der Waals surface area contributed by atoms with E-state index in [0.29, 0.717) is 19.0 Å². The van der Waals surface area contributed by atoms with Crippen molar-refractivity contribution in [2.75, 3.05) is 27.7 Å². The molecule has 0 spiro atoms. The molecule has 1 rings (SSSR count). The summed E-state index contributed by atoms with van der Waals surface area (Å²) in [5.74, 6) is 0.890. The van der Waals surface area contributed by atoms with Gasteiger partial charge in [-0.15, -0.1) is 0 Å². The molecule has 1 aliphatic carbocycles. The van der Waals surface area contributed by atoms with Gasteiger partial charge in [0.15, 0.2) is 5.96 Å². The molecule has 0 atom stereocenters. The van der Waals surface area contributed by atoms with Crippen LogP contribution in [0.15, 0.2) is 17.1 Å². The zero-order valence-electron chi connectivity index (χ0n) is 10.9. The van der Waals surface area contributed by atoms with Crippen LogP contribution in [0.4, 0.5) is 0 Å². The van der Waals surface area contributed by atoms with E-state index in [2.05, 4.69) is 27.8 Å². The van der Waals surface area contributed by atoms with Gasteiger partial charge in [0, 0.05) is 40.2 Å². The predicted octanol–water partition coefficient (Wildman–Crippen LogP) is 0.348. The average molecular weight is 238 g/mol. The van der Waals surface area contributed by atoms with E-state index in [0.717, 1.165) is 18.8 Å². The normalized spacial score (nSPS) is 16.1. The van der Waals surface area contributed by atoms with E-state index in [-0.39, 0.29) is 5.91 Å². The Hall–Kier alpha value is -1.52. The molecule has 2 N–H and O–H groups in total. The summed E-state index contributed by atoms with van der Waals surface area (Å²) in [6.07, 6.45) is 6.90. The minimum absolute atomic E-state index is 0.121. The molecule has 1 amide bonds. The Bertz CT molecular complexity index is 302. The maximum atomic E-state index is 11.4. The molecule has 0 radical (unpaired) electrons. The van der Waals surface area contributed by atoms with Crippen molar-refractivity contribution in [3.63, 3.8) is 0 Å². The zero-order chi connectivity index (χ0) is 12.7. The van der Waals surface area contributed by atoms with Gasteiger partial charge in [0.05, 0.1) is 0 Å². The summed E-state index contributed by atoms with van der Waals surface area (Å²) in [4.78, 5) is 17.1. The molecule has 0 aromatic heterocycles. The first-order valence-corrected chi connectivity index (χ1v) is 5.96. The fourth-order valence-corrected chi connectivity index (χ4v) is 1.63. The highest BCUT2D eigenvalue weighted by atomic mass is 16.2. The summed E-state index contributed by atoms with van der Waals surface area (Å²) in [5, 5.41) is 6.47. The Labute approximate surface area is 103 Å². The lowest BCUT2D eigenvalue weighted by Crippen LogP contribution is -2.43. The van der Waals surface area contributed by atoms with E-state index in [1.807, 2.05) is 0 Å². The number of nitrogens with zero attached hydrogens (tertiary/aromatic N) is 2. The summed E-state index contributed by atoms with van der Waals surface area (Å²) in [7, 11) is 5.27. The van der Waals surface area contributed by atoms with Crippen LogP contribution in [0.3, 0.4) is 0 Å². The molecule has 96 valence electrons. The van der Waals surface area contributed by atoms with Gasteiger partial charge in [-0.2, -0.15) is 0 Å². The largest absolute Gasteiger partial charge is 0.356 e. The van der Waals surface area contributed by atoms with Crippen molar-refractivity contribution in [1.82, 2.24) is 15.5 Å². The van der Waals surface area contributed by atoms with Crippen molar-refractivity contribution in [1.29, 1.82) is 0 Å². The predicted molar refractivity (Wildman–Crippen MR) is 70.0 cm³/mol. The van der Waals surface area contributed by atoms with Gasteiger partial charge in [0.2, 0.25) is 5.91 Å². The fraction of sp³-hybridized carbons (Fsp3) is 0.667. The molecule has 0 unspecified atom stereocenters. The number of guanidine groups is 1. The first-order chi connectivity index (χ1) is 8.13. The number of nitrogens with one attached hydrogen (secondary N) is 2. The highest BCUT2D eigenvalue weighted by Crippen LogP contribution is 2.08. The molecule has 5 nitrogen and oxygen atoms in total. The maximum absolute atomic E-state index is 11.4. The molecule has 0 saturated carbocycles. The number of amides is 1. The van der Waals surface area contributed by atoms with Crippen molar-refractivity contribution in [2.45, 2.75) is 25.3 Å². The second kappa shape index (κ2) is 6.93. The van der Waals surface area contributed by atoms with Gasteiger partial charge in [0.1, 0.15) is 0 Å². The summed E-state index contributed by atoms with van der Waals surface area (Å²) < 4.78 is 0. The standard InChI is InChI=1S/C12H22N4O/c1-13-12(15-10-6-4-5-7-10)14-9-8-11(17)16(2)3/h4-5,10H,6-9H2,1-3H3,(H2,13,14,15). The van der Waals surface area contributed by atoms with Gasteiger partial charge >= 0.3 is 0 Å². The van der Waals surface area contributed by atoms with Crippen molar-refractivity contribution in [3.8, 4) is 0 Å². The summed E-state index contributed by atoms with van der Waals surface area (Å²) in [6, 6.07) is 0.436. The lowest BCUT2D eigenvalue weighted by molar-refractivity contribution is -0.128. The molecule has 0 saturated heterocycles. The molecule has 5 heteroatoms. The van der Waals surface area contributed by atoms with Gasteiger partial charge in [0.25, 0.3) is 0 Å². The first-order valence-electron chi connectivity index (χ1n) is 5.96. The number of aliphatic imine (C=N–C) groups is 1. The second-order valence-electron chi connectivity index (χ2n) is 4.32. The Morgan fingerprint density at radius 3 is 2.59 bits per heavy atom. The number of hydrogen-bond acceptors (Lipinski definition) is 2. The van der Waals surface area contributed by atoms with Gasteiger partial charge in [-0.25, -0.2) is 0 Å². The molecule has 0 heterocycles. The monoisotopic (exact) mass is 238 g/mol. The van der Waals surface area contributed by atoms with Crippen molar-refractivity contribution < 1.29 is 4.79 Å². The molecule has 0 aromatic rings. The molecular formula is C12H22N4O. The van der Waals surface area contributed by atoms with Crippen molar-refractivity contribution >= 4 is 11.9 Å². The molecule has 0 fully saturated rings. The SMILES string of the molecule is CN=C(NCCC(=O)N(C)C)NC1CC=CC1. The quantitative estimate of drug-likeness (QED) is 0.422. The zero-order valence-corrected chi connectivity index (χ0v) is 10.9. The number of rotatable bonds is 4. The highest BCUT2D eigenvalue weighted by molar-refractivity contribution is 5.81. The Morgan fingerprint density at radius 1 is 1.41 bits per heavy atom. The van der Waals surface area contributed by atoms with Crippen LogP contribution in [0.1, 0.15) is 19.3 Å². The Balaban J connectivity index is 2.21. The van der Waals surface area contributed by atoms with Crippen LogP contribution < -0.4 is 10.6 Å². The number of carbonyl (C=O) groups is 1. The fourth-order valence-electron chi connectivity index (χ4n) is 1.63. The maximum Gasteiger partial charge on any atom is 0.223 e. The number of hydrogen-bond donors (Lipinski definition) is 2. The Kier molecular flexibility index (Phi) is 5.52. The van der Waals surface area contributed by atoms with E-state index in [1.165, 1.54) is 0 Å². The summed E-state index contributed by atoms with van der Waals surface area (Å²) in [5.41, 5.74) is 0. The third-order valence-corrected chi connectivity index (χ3v) is 2.70. The number of carbonyl (C=O) groups excluding carboxylic acids is 1.